The molecule has 1 aromatic rings. The van der Waals surface area contributed by atoms with E-state index < -0.39 is 5.54 Å². The first-order chi connectivity index (χ1) is 9.66. The number of methoxy groups -OCH3 is 1. The van der Waals surface area contributed by atoms with E-state index in [1.54, 1.807) is 7.11 Å². The summed E-state index contributed by atoms with van der Waals surface area (Å²) in [6.45, 7) is 3.59. The summed E-state index contributed by atoms with van der Waals surface area (Å²) >= 11 is 0. The van der Waals surface area contributed by atoms with Crippen molar-refractivity contribution in [2.24, 2.45) is 5.73 Å². The van der Waals surface area contributed by atoms with Gasteiger partial charge in [-0.05, 0) is 12.0 Å². The number of nitrogens with one attached hydrogen (secondary N) is 1. The highest BCUT2D eigenvalue weighted by Crippen LogP contribution is 2.22. The van der Waals surface area contributed by atoms with E-state index in [1.807, 2.05) is 18.2 Å². The maximum Gasteiger partial charge on any atom is 0.239 e. The zero-order chi connectivity index (χ0) is 14.4. The average molecular weight is 277 g/mol. The lowest BCUT2D eigenvalue weighted by molar-refractivity contribution is -0.124. The molecule has 0 aliphatic carbocycles. The zero-order valence-electron chi connectivity index (χ0n) is 12.0. The molecule has 1 aromatic carbocycles. The van der Waals surface area contributed by atoms with Gasteiger partial charge >= 0.3 is 0 Å². The number of nitrogens with two attached hydrogens (primary N) is 1. The first kappa shape index (κ1) is 15.0. The normalized spacial score (nSPS) is 23.1. The van der Waals surface area contributed by atoms with Crippen LogP contribution >= 0.6 is 0 Å². The Hall–Kier alpha value is -1.43. The predicted octanol–water partition coefficient (Wildman–Crippen LogP) is 0.352. The predicted molar refractivity (Wildman–Crippen MR) is 78.1 cm³/mol. The third-order valence-corrected chi connectivity index (χ3v) is 3.84. The Bertz CT molecular complexity index is 438. The summed E-state index contributed by atoms with van der Waals surface area (Å²) in [6, 6.07) is 10.3. The van der Waals surface area contributed by atoms with Crippen LogP contribution in [0.2, 0.25) is 0 Å². The SMILES string of the molecule is COCCNC1(C(N)=O)CCN(Cc2ccccc2)C1. The number of carbonyl (C=O) groups is 1. The van der Waals surface area contributed by atoms with Crippen molar-refractivity contribution in [3.05, 3.63) is 35.9 Å². The van der Waals surface area contributed by atoms with Gasteiger partial charge in [0.05, 0.1) is 6.61 Å². The lowest BCUT2D eigenvalue weighted by atomic mass is 9.98. The van der Waals surface area contributed by atoms with Crippen LogP contribution in [-0.4, -0.2) is 49.7 Å². The molecule has 3 N–H and O–H groups in total. The van der Waals surface area contributed by atoms with E-state index in [-0.39, 0.29) is 5.91 Å². The van der Waals surface area contributed by atoms with Crippen molar-refractivity contribution in [1.29, 1.82) is 0 Å². The molecule has 2 rings (SSSR count). The molecule has 1 aliphatic rings. The number of primary amides is 1. The summed E-state index contributed by atoms with van der Waals surface area (Å²) in [5.74, 6) is -0.274. The second kappa shape index (κ2) is 6.83. The highest BCUT2D eigenvalue weighted by molar-refractivity contribution is 5.85. The second-order valence-electron chi connectivity index (χ2n) is 5.31. The highest BCUT2D eigenvalue weighted by atomic mass is 16.5. The van der Waals surface area contributed by atoms with E-state index in [0.29, 0.717) is 19.7 Å². The molecule has 1 fully saturated rings. The summed E-state index contributed by atoms with van der Waals surface area (Å²) in [6.07, 6.45) is 0.749. The Morgan fingerprint density at radius 1 is 1.45 bits per heavy atom. The number of nitrogens with zero attached hydrogens (tertiary/aromatic N) is 1. The second-order valence-corrected chi connectivity index (χ2v) is 5.31. The molecule has 0 bridgehead atoms. The molecule has 0 radical (unpaired) electrons. The van der Waals surface area contributed by atoms with Crippen LogP contribution < -0.4 is 11.1 Å². The van der Waals surface area contributed by atoms with Crippen LogP contribution in [0.3, 0.4) is 0 Å². The van der Waals surface area contributed by atoms with Crippen molar-refractivity contribution in [3.63, 3.8) is 0 Å². The maximum absolute atomic E-state index is 11.8. The number of hydrogen-bond donors (Lipinski definition) is 2. The van der Waals surface area contributed by atoms with E-state index in [2.05, 4.69) is 22.3 Å². The van der Waals surface area contributed by atoms with Gasteiger partial charge in [0.25, 0.3) is 0 Å². The van der Waals surface area contributed by atoms with Gasteiger partial charge in [0, 0.05) is 33.3 Å². The monoisotopic (exact) mass is 277 g/mol. The van der Waals surface area contributed by atoms with Gasteiger partial charge in [-0.15, -0.1) is 0 Å². The Morgan fingerprint density at radius 3 is 2.85 bits per heavy atom. The van der Waals surface area contributed by atoms with Crippen molar-refractivity contribution in [2.75, 3.05) is 33.4 Å². The minimum absolute atomic E-state index is 0.274. The van der Waals surface area contributed by atoms with E-state index in [9.17, 15) is 4.79 Å². The first-order valence-electron chi connectivity index (χ1n) is 6.96. The van der Waals surface area contributed by atoms with Gasteiger partial charge in [-0.2, -0.15) is 0 Å². The van der Waals surface area contributed by atoms with Crippen LogP contribution in [0.5, 0.6) is 0 Å². The summed E-state index contributed by atoms with van der Waals surface area (Å²) in [4.78, 5) is 14.1. The molecule has 0 saturated carbocycles. The minimum Gasteiger partial charge on any atom is -0.383 e. The van der Waals surface area contributed by atoms with Crippen LogP contribution in [0.1, 0.15) is 12.0 Å². The number of carbonyl (C=O) groups excluding carboxylic acids is 1. The van der Waals surface area contributed by atoms with Crippen LogP contribution in [0, 0.1) is 0 Å². The Labute approximate surface area is 120 Å². The topological polar surface area (TPSA) is 67.6 Å². The smallest absolute Gasteiger partial charge is 0.239 e. The molecule has 1 saturated heterocycles. The van der Waals surface area contributed by atoms with Gasteiger partial charge in [0.2, 0.25) is 5.91 Å². The molecular formula is C15H23N3O2. The number of likely N-dealkylation sites (tertiary alicyclic amines) is 1. The van der Waals surface area contributed by atoms with Crippen LogP contribution in [-0.2, 0) is 16.1 Å². The molecule has 1 amide bonds. The van der Waals surface area contributed by atoms with E-state index in [0.717, 1.165) is 19.5 Å². The quantitative estimate of drug-likeness (QED) is 0.706. The van der Waals surface area contributed by atoms with Gasteiger partial charge in [0.15, 0.2) is 0 Å². The van der Waals surface area contributed by atoms with E-state index in [4.69, 9.17) is 10.5 Å². The molecule has 5 nitrogen and oxygen atoms in total. The van der Waals surface area contributed by atoms with Crippen molar-refractivity contribution < 1.29 is 9.53 Å². The highest BCUT2D eigenvalue weighted by Gasteiger charge is 2.42. The van der Waals surface area contributed by atoms with Gasteiger partial charge < -0.3 is 10.5 Å². The van der Waals surface area contributed by atoms with Crippen molar-refractivity contribution in [1.82, 2.24) is 10.2 Å². The average Bonchev–Trinajstić information content (AvgIpc) is 2.85. The molecule has 5 heteroatoms. The largest absolute Gasteiger partial charge is 0.383 e. The fourth-order valence-corrected chi connectivity index (χ4v) is 2.69. The van der Waals surface area contributed by atoms with Gasteiger partial charge in [-0.3, -0.25) is 15.0 Å². The van der Waals surface area contributed by atoms with Crippen molar-refractivity contribution in [3.8, 4) is 0 Å². The number of hydrogen-bond acceptors (Lipinski definition) is 4. The molecule has 20 heavy (non-hydrogen) atoms. The third-order valence-electron chi connectivity index (χ3n) is 3.84. The molecule has 110 valence electrons. The fraction of sp³-hybridized carbons (Fsp3) is 0.533. The van der Waals surface area contributed by atoms with Gasteiger partial charge in [-0.1, -0.05) is 30.3 Å². The fourth-order valence-electron chi connectivity index (χ4n) is 2.69. The summed E-state index contributed by atoms with van der Waals surface area (Å²) in [5.41, 5.74) is 6.24. The number of benzene rings is 1. The number of amides is 1. The Kier molecular flexibility index (Phi) is 5.11. The van der Waals surface area contributed by atoms with Crippen LogP contribution in [0.4, 0.5) is 0 Å². The molecule has 0 spiro atoms. The number of rotatable bonds is 7. The Morgan fingerprint density at radius 2 is 2.20 bits per heavy atom. The van der Waals surface area contributed by atoms with Gasteiger partial charge in [-0.25, -0.2) is 0 Å². The molecule has 0 aromatic heterocycles. The van der Waals surface area contributed by atoms with Crippen molar-refractivity contribution in [2.45, 2.75) is 18.5 Å². The van der Waals surface area contributed by atoms with E-state index >= 15 is 0 Å². The molecule has 1 unspecified atom stereocenters. The van der Waals surface area contributed by atoms with Gasteiger partial charge in [0.1, 0.15) is 5.54 Å². The summed E-state index contributed by atoms with van der Waals surface area (Å²) in [7, 11) is 1.65. The summed E-state index contributed by atoms with van der Waals surface area (Å²) in [5, 5.41) is 3.27. The van der Waals surface area contributed by atoms with Crippen LogP contribution in [0.15, 0.2) is 30.3 Å². The Balaban J connectivity index is 1.95. The van der Waals surface area contributed by atoms with E-state index in [1.165, 1.54) is 5.56 Å². The zero-order valence-corrected chi connectivity index (χ0v) is 12.0. The van der Waals surface area contributed by atoms with Crippen molar-refractivity contribution >= 4 is 5.91 Å². The maximum atomic E-state index is 11.8. The molecule has 1 aliphatic heterocycles. The number of ether oxygens (including phenoxy) is 1. The minimum atomic E-state index is -0.618. The summed E-state index contributed by atoms with van der Waals surface area (Å²) < 4.78 is 5.02. The lowest BCUT2D eigenvalue weighted by Gasteiger charge is -2.27. The molecule has 1 heterocycles. The standard InChI is InChI=1S/C15H23N3O2/c1-20-10-8-17-15(14(16)19)7-9-18(12-15)11-13-5-3-2-4-6-13/h2-6,17H,7-12H2,1H3,(H2,16,19). The molecule has 1 atom stereocenters. The third kappa shape index (κ3) is 3.56. The van der Waals surface area contributed by atoms with Crippen LogP contribution in [0.25, 0.3) is 0 Å². The molecular weight excluding hydrogens is 254 g/mol. The first-order valence-corrected chi connectivity index (χ1v) is 6.96. The lowest BCUT2D eigenvalue weighted by Crippen LogP contribution is -2.57.